The molecule has 4 saturated carbocycles. The van der Waals surface area contributed by atoms with Crippen LogP contribution in [-0.2, 0) is 66.5 Å². The number of carboxylic acid groups (broad SMARTS) is 1. The van der Waals surface area contributed by atoms with Gasteiger partial charge in [-0.05, 0) is 76.5 Å². The van der Waals surface area contributed by atoms with Crippen molar-refractivity contribution in [2.75, 3.05) is 19.8 Å². The van der Waals surface area contributed by atoms with Gasteiger partial charge < -0.3 is 124 Å². The number of carbonyl (C=O) groups excluding carboxylic acids is 3. The molecule has 0 aromatic carbocycles. The van der Waals surface area contributed by atoms with Crippen molar-refractivity contribution in [1.29, 1.82) is 0 Å². The first-order valence-electron chi connectivity index (χ1n) is 27.3. The SMILES string of the molecule is O=C(O)CC(=O)OCC1OC(OC2CC3C(O)CC(OC4OC(COC(=O)C5CCC(OC6OC(COC(=O)C7CCC(O)CC7)C(O)C(O)C6O)CC5)C(O)C(O)C4O)CC3OC2C2CC(O)C(O)C(O)C2)C(O)C(O)C1O. The van der Waals surface area contributed by atoms with Gasteiger partial charge in [0.15, 0.2) is 18.9 Å². The highest BCUT2D eigenvalue weighted by molar-refractivity contribution is 5.90. The molecule has 0 radical (unpaired) electrons. The predicted molar refractivity (Wildman–Crippen MR) is 252 cm³/mol. The number of aliphatic carboxylic acids is 1. The Hall–Kier alpha value is -2.96. The lowest BCUT2D eigenvalue weighted by Crippen LogP contribution is -2.63. The third-order valence-electron chi connectivity index (χ3n) is 17.0. The second-order valence-corrected chi connectivity index (χ2v) is 22.5. The molecule has 15 N–H and O–H groups in total. The van der Waals surface area contributed by atoms with Gasteiger partial charge in [0.25, 0.3) is 0 Å². The maximum Gasteiger partial charge on any atom is 0.317 e. The van der Waals surface area contributed by atoms with Crippen molar-refractivity contribution in [3.8, 4) is 0 Å². The summed E-state index contributed by atoms with van der Waals surface area (Å²) in [6.07, 6.45) is -34.1. The van der Waals surface area contributed by atoms with Gasteiger partial charge in [-0.15, -0.1) is 0 Å². The molecule has 0 aromatic rings. The lowest BCUT2D eigenvalue weighted by molar-refractivity contribution is -0.339. The molecule has 0 aromatic heterocycles. The first kappa shape index (κ1) is 62.1. The Bertz CT molecular complexity index is 1990. The van der Waals surface area contributed by atoms with E-state index in [0.717, 1.165) is 0 Å². The van der Waals surface area contributed by atoms with Gasteiger partial charge >= 0.3 is 23.9 Å². The number of hydrogen-bond acceptors (Lipinski definition) is 28. The summed E-state index contributed by atoms with van der Waals surface area (Å²) in [5, 5.41) is 159. The molecule has 452 valence electrons. The molecule has 8 fully saturated rings. The van der Waals surface area contributed by atoms with Gasteiger partial charge in [-0.1, -0.05) is 0 Å². The van der Waals surface area contributed by atoms with Crippen LogP contribution in [0.1, 0.15) is 89.9 Å². The Kier molecular flexibility index (Phi) is 21.4. The Morgan fingerprint density at radius 3 is 1.34 bits per heavy atom. The summed E-state index contributed by atoms with van der Waals surface area (Å²) in [4.78, 5) is 48.9. The molecule has 79 heavy (non-hydrogen) atoms. The van der Waals surface area contributed by atoms with Crippen LogP contribution in [0.25, 0.3) is 0 Å². The minimum absolute atomic E-state index is 0.0116. The molecule has 29 nitrogen and oxygen atoms in total. The van der Waals surface area contributed by atoms with Crippen molar-refractivity contribution in [3.63, 3.8) is 0 Å². The number of fused-ring (bicyclic) bond motifs is 1. The molecule has 23 unspecified atom stereocenters. The number of aliphatic hydroxyl groups is 14. The monoisotopic (exact) mass is 1140 g/mol. The van der Waals surface area contributed by atoms with Crippen molar-refractivity contribution in [3.05, 3.63) is 0 Å². The van der Waals surface area contributed by atoms with Gasteiger partial charge in [0.1, 0.15) is 106 Å². The van der Waals surface area contributed by atoms with E-state index in [9.17, 15) is 90.7 Å². The zero-order chi connectivity index (χ0) is 57.1. The summed E-state index contributed by atoms with van der Waals surface area (Å²) in [5.74, 6) is -6.43. The topological polar surface area (TPSA) is 464 Å². The van der Waals surface area contributed by atoms with Crippen molar-refractivity contribution in [2.45, 2.75) is 243 Å². The van der Waals surface area contributed by atoms with E-state index in [-0.39, 0.29) is 57.8 Å². The quantitative estimate of drug-likeness (QED) is 0.0366. The molecular weight excluding hydrogens is 1060 g/mol. The van der Waals surface area contributed by atoms with Crippen LogP contribution in [0, 0.1) is 23.7 Å². The van der Waals surface area contributed by atoms with Crippen molar-refractivity contribution in [2.24, 2.45) is 23.7 Å². The van der Waals surface area contributed by atoms with E-state index < -0.39 is 227 Å². The molecule has 4 heterocycles. The number of carboxylic acids is 1. The van der Waals surface area contributed by atoms with E-state index in [0.29, 0.717) is 25.7 Å². The van der Waals surface area contributed by atoms with Crippen LogP contribution in [0.2, 0.25) is 0 Å². The Morgan fingerprint density at radius 2 is 0.861 bits per heavy atom. The summed E-state index contributed by atoms with van der Waals surface area (Å²) < 4.78 is 58.1. The number of carbonyl (C=O) groups is 4. The summed E-state index contributed by atoms with van der Waals surface area (Å²) >= 11 is 0. The van der Waals surface area contributed by atoms with E-state index in [1.165, 1.54) is 0 Å². The highest BCUT2D eigenvalue weighted by Crippen LogP contribution is 2.45. The Morgan fingerprint density at radius 1 is 0.418 bits per heavy atom. The lowest BCUT2D eigenvalue weighted by atomic mass is 9.72. The van der Waals surface area contributed by atoms with Crippen molar-refractivity contribution in [1.82, 2.24) is 0 Å². The first-order chi connectivity index (χ1) is 37.5. The van der Waals surface area contributed by atoms with Gasteiger partial charge in [0, 0.05) is 18.8 Å². The highest BCUT2D eigenvalue weighted by Gasteiger charge is 2.55. The minimum atomic E-state index is -1.91. The zero-order valence-electron chi connectivity index (χ0n) is 43.2. The van der Waals surface area contributed by atoms with E-state index >= 15 is 0 Å². The molecule has 8 rings (SSSR count). The van der Waals surface area contributed by atoms with Crippen LogP contribution in [0.5, 0.6) is 0 Å². The smallest absolute Gasteiger partial charge is 0.317 e. The van der Waals surface area contributed by atoms with Gasteiger partial charge in [0.2, 0.25) is 0 Å². The molecule has 4 aliphatic carbocycles. The molecular formula is C50H78O29. The second-order valence-electron chi connectivity index (χ2n) is 22.5. The Balaban J connectivity index is 0.833. The molecule has 0 bridgehead atoms. The second kappa shape index (κ2) is 27.2. The molecule has 23 atom stereocenters. The van der Waals surface area contributed by atoms with Gasteiger partial charge in [0.05, 0.1) is 66.8 Å². The van der Waals surface area contributed by atoms with Crippen LogP contribution in [0.4, 0.5) is 0 Å². The zero-order valence-corrected chi connectivity index (χ0v) is 43.2. The molecule has 29 heteroatoms. The molecule has 0 amide bonds. The number of rotatable bonds is 17. The average Bonchev–Trinajstić information content (AvgIpc) is 3.46. The fourth-order valence-corrected chi connectivity index (χ4v) is 12.3. The summed E-state index contributed by atoms with van der Waals surface area (Å²) in [7, 11) is 0. The van der Waals surface area contributed by atoms with E-state index in [1.54, 1.807) is 0 Å². The largest absolute Gasteiger partial charge is 0.481 e. The Labute approximate surface area is 452 Å². The van der Waals surface area contributed by atoms with E-state index in [4.69, 9.17) is 52.5 Å². The molecule has 4 aliphatic heterocycles. The van der Waals surface area contributed by atoms with Crippen LogP contribution < -0.4 is 0 Å². The van der Waals surface area contributed by atoms with Crippen LogP contribution in [-0.4, -0.2) is 273 Å². The number of hydrogen-bond donors (Lipinski definition) is 15. The minimum Gasteiger partial charge on any atom is -0.481 e. The van der Waals surface area contributed by atoms with E-state index in [1.807, 2.05) is 0 Å². The van der Waals surface area contributed by atoms with Gasteiger partial charge in [-0.25, -0.2) is 0 Å². The van der Waals surface area contributed by atoms with Crippen LogP contribution in [0.3, 0.4) is 0 Å². The summed E-state index contributed by atoms with van der Waals surface area (Å²) in [5.41, 5.74) is 0. The predicted octanol–water partition coefficient (Wildman–Crippen LogP) is -6.17. The summed E-state index contributed by atoms with van der Waals surface area (Å²) in [6, 6.07) is 0. The third-order valence-corrected chi connectivity index (χ3v) is 17.0. The van der Waals surface area contributed by atoms with Gasteiger partial charge in [-0.3, -0.25) is 19.2 Å². The highest BCUT2D eigenvalue weighted by atomic mass is 16.7. The number of aliphatic hydroxyl groups excluding tert-OH is 14. The molecule has 0 spiro atoms. The molecule has 4 saturated heterocycles. The van der Waals surface area contributed by atoms with Gasteiger partial charge in [-0.2, -0.15) is 0 Å². The average molecular weight is 1140 g/mol. The van der Waals surface area contributed by atoms with E-state index in [2.05, 4.69) is 0 Å². The fourth-order valence-electron chi connectivity index (χ4n) is 12.3. The molecule has 8 aliphatic rings. The normalized spacial score (nSPS) is 47.7. The fraction of sp³-hybridized carbons (Fsp3) is 0.920. The van der Waals surface area contributed by atoms with Crippen molar-refractivity contribution < 1.29 is 143 Å². The maximum atomic E-state index is 13.4. The third kappa shape index (κ3) is 14.9. The lowest BCUT2D eigenvalue weighted by Gasteiger charge is -2.52. The number of esters is 3. The summed E-state index contributed by atoms with van der Waals surface area (Å²) in [6.45, 7) is -1.74. The maximum absolute atomic E-state index is 13.4. The number of ether oxygens (including phenoxy) is 10. The standard InChI is InChI=1S/C50H78O29/c51-21-5-1-18(2-6-21)46(68)71-16-31-37(60)39(62)42(65)48(77-31)73-22-7-3-19(4-8-22)47(69)72-17-32-38(61)40(63)43(66)49(78-32)74-23-11-25(52)24-13-29(45(75-28(24)12-23)20-9-26(53)35(58)27(54)10-20)76-50-44(67)41(64)36(59)30(79-50)15-70-34(57)14-33(55)56/h18-32,35-45,48-54,58-67H,1-17H2,(H,55,56). The van der Waals surface area contributed by atoms with Crippen LogP contribution in [0.15, 0.2) is 0 Å². The van der Waals surface area contributed by atoms with Crippen LogP contribution >= 0.6 is 0 Å². The first-order valence-corrected chi connectivity index (χ1v) is 27.3. The van der Waals surface area contributed by atoms with Crippen molar-refractivity contribution >= 4 is 23.9 Å².